The van der Waals surface area contributed by atoms with Gasteiger partial charge in [0.25, 0.3) is 0 Å². The molecule has 0 atom stereocenters. The number of aliphatic carboxylic acids is 1. The van der Waals surface area contributed by atoms with Crippen molar-refractivity contribution < 1.29 is 19.4 Å². The third-order valence-electron chi connectivity index (χ3n) is 5.24. The van der Waals surface area contributed by atoms with E-state index in [1.807, 2.05) is 30.3 Å². The molecule has 1 N–H and O–H groups in total. The second-order valence-electron chi connectivity index (χ2n) is 8.32. The van der Waals surface area contributed by atoms with Gasteiger partial charge in [-0.2, -0.15) is 0 Å². The van der Waals surface area contributed by atoms with Gasteiger partial charge in [-0.1, -0.05) is 39.0 Å². The lowest BCUT2D eigenvalue weighted by Crippen LogP contribution is -2.29. The first-order valence-corrected chi connectivity index (χ1v) is 11.1. The number of benzene rings is 2. The predicted molar refractivity (Wildman–Crippen MR) is 126 cm³/mol. The van der Waals surface area contributed by atoms with Gasteiger partial charge < -0.3 is 19.5 Å². The smallest absolute Gasteiger partial charge is 0.331 e. The first-order chi connectivity index (χ1) is 15.0. The van der Waals surface area contributed by atoms with Crippen LogP contribution in [0, 0.1) is 5.92 Å². The highest BCUT2D eigenvalue weighted by Crippen LogP contribution is 2.33. The highest BCUT2D eigenvalue weighted by atomic mass is 16.5. The van der Waals surface area contributed by atoms with Gasteiger partial charge in [-0.05, 0) is 65.8 Å². The zero-order valence-electron chi connectivity index (χ0n) is 18.8. The average Bonchev–Trinajstić information content (AvgIpc) is 2.93. The van der Waals surface area contributed by atoms with Crippen LogP contribution in [0.1, 0.15) is 39.2 Å². The Morgan fingerprint density at radius 2 is 1.81 bits per heavy atom. The van der Waals surface area contributed by atoms with Crippen molar-refractivity contribution in [2.75, 3.05) is 37.8 Å². The largest absolute Gasteiger partial charge is 0.491 e. The molecule has 5 heteroatoms. The molecule has 0 aromatic heterocycles. The minimum Gasteiger partial charge on any atom is -0.491 e. The summed E-state index contributed by atoms with van der Waals surface area (Å²) in [6.45, 7) is 9.96. The Kier molecular flexibility index (Phi) is 8.13. The van der Waals surface area contributed by atoms with Crippen LogP contribution in [0.5, 0.6) is 5.75 Å². The van der Waals surface area contributed by atoms with Crippen molar-refractivity contribution in [3.8, 4) is 16.9 Å². The lowest BCUT2D eigenvalue weighted by atomic mass is 10.00. The molecule has 0 saturated carbocycles. The van der Waals surface area contributed by atoms with Crippen LogP contribution in [0.3, 0.4) is 0 Å². The number of fused-ring (bicyclic) bond motifs is 1. The Balaban J connectivity index is 1.80. The minimum atomic E-state index is -0.841. The maximum Gasteiger partial charge on any atom is 0.331 e. The topological polar surface area (TPSA) is 59.0 Å². The van der Waals surface area contributed by atoms with Crippen LogP contribution in [0.4, 0.5) is 5.69 Å². The molecule has 166 valence electrons. The number of nitrogens with zero attached hydrogens (tertiary/aromatic N) is 1. The Morgan fingerprint density at radius 1 is 1.06 bits per heavy atom. The predicted octanol–water partition coefficient (Wildman–Crippen LogP) is 5.49. The van der Waals surface area contributed by atoms with Crippen molar-refractivity contribution in [2.45, 2.75) is 33.6 Å². The third-order valence-corrected chi connectivity index (χ3v) is 5.24. The van der Waals surface area contributed by atoms with Crippen LogP contribution >= 0.6 is 0 Å². The number of hydrogen-bond acceptors (Lipinski definition) is 4. The van der Waals surface area contributed by atoms with Crippen LogP contribution in [-0.4, -0.2) is 44.0 Å². The lowest BCUT2D eigenvalue weighted by Gasteiger charge is -2.27. The summed E-state index contributed by atoms with van der Waals surface area (Å²) in [6, 6.07) is 14.3. The van der Waals surface area contributed by atoms with Crippen molar-refractivity contribution in [1.29, 1.82) is 0 Å². The second-order valence-corrected chi connectivity index (χ2v) is 8.32. The molecule has 0 aliphatic carbocycles. The standard InChI is InChI=1S/C26H33NO4/c1-4-13-30-14-15-31-24-8-5-20(6-9-24)21-7-10-25-23(16-21)17-22(26(28)29)11-12-27(25)18-19(2)3/h5-10,16-17,19H,4,11-15,18H2,1-3H3,(H,28,29). The third kappa shape index (κ3) is 6.34. The van der Waals surface area contributed by atoms with E-state index in [0.717, 1.165) is 54.2 Å². The summed E-state index contributed by atoms with van der Waals surface area (Å²) < 4.78 is 11.2. The van der Waals surface area contributed by atoms with E-state index < -0.39 is 5.97 Å². The van der Waals surface area contributed by atoms with Crippen molar-refractivity contribution >= 4 is 17.7 Å². The zero-order chi connectivity index (χ0) is 22.2. The number of hydrogen-bond donors (Lipinski definition) is 1. The fourth-order valence-corrected chi connectivity index (χ4v) is 3.78. The molecule has 2 aromatic carbocycles. The van der Waals surface area contributed by atoms with Crippen molar-refractivity contribution in [3.63, 3.8) is 0 Å². The molecule has 0 fully saturated rings. The Bertz CT molecular complexity index is 902. The first kappa shape index (κ1) is 22.9. The van der Waals surface area contributed by atoms with E-state index in [4.69, 9.17) is 9.47 Å². The summed E-state index contributed by atoms with van der Waals surface area (Å²) in [5.74, 6) is 0.473. The van der Waals surface area contributed by atoms with Gasteiger partial charge in [-0.25, -0.2) is 4.79 Å². The summed E-state index contributed by atoms with van der Waals surface area (Å²) in [6.07, 6.45) is 3.38. The number of carbonyl (C=O) groups is 1. The molecule has 31 heavy (non-hydrogen) atoms. The fourth-order valence-electron chi connectivity index (χ4n) is 3.78. The molecule has 0 amide bonds. The summed E-state index contributed by atoms with van der Waals surface area (Å²) in [4.78, 5) is 14.0. The van der Waals surface area contributed by atoms with E-state index in [1.54, 1.807) is 0 Å². The maximum absolute atomic E-state index is 11.7. The highest BCUT2D eigenvalue weighted by Gasteiger charge is 2.20. The molecule has 0 spiro atoms. The molecule has 0 bridgehead atoms. The van der Waals surface area contributed by atoms with Gasteiger partial charge in [-0.15, -0.1) is 0 Å². The quantitative estimate of drug-likeness (QED) is 0.512. The lowest BCUT2D eigenvalue weighted by molar-refractivity contribution is -0.132. The number of carboxylic acids is 1. The van der Waals surface area contributed by atoms with Crippen molar-refractivity contribution in [1.82, 2.24) is 0 Å². The molecule has 1 aliphatic rings. The first-order valence-electron chi connectivity index (χ1n) is 11.1. The van der Waals surface area contributed by atoms with Crippen LogP contribution < -0.4 is 9.64 Å². The number of anilines is 1. The van der Waals surface area contributed by atoms with Gasteiger partial charge in [0, 0.05) is 31.0 Å². The van der Waals surface area contributed by atoms with Gasteiger partial charge in [0.2, 0.25) is 0 Å². The van der Waals surface area contributed by atoms with E-state index in [2.05, 4.69) is 43.9 Å². The van der Waals surface area contributed by atoms with Crippen LogP contribution in [0.15, 0.2) is 48.0 Å². The molecule has 3 rings (SSSR count). The SMILES string of the molecule is CCCOCCOc1ccc(-c2ccc3c(c2)C=C(C(=O)O)CCN3CC(C)C)cc1. The number of carboxylic acid groups (broad SMARTS) is 1. The normalized spacial score (nSPS) is 13.5. The van der Waals surface area contributed by atoms with Crippen LogP contribution in [-0.2, 0) is 9.53 Å². The maximum atomic E-state index is 11.7. The number of rotatable bonds is 10. The Hall–Kier alpha value is -2.79. The monoisotopic (exact) mass is 423 g/mol. The summed E-state index contributed by atoms with van der Waals surface area (Å²) in [7, 11) is 0. The zero-order valence-corrected chi connectivity index (χ0v) is 18.8. The minimum absolute atomic E-state index is 0.457. The Morgan fingerprint density at radius 3 is 2.48 bits per heavy atom. The molecule has 0 radical (unpaired) electrons. The summed E-state index contributed by atoms with van der Waals surface area (Å²) in [5.41, 5.74) is 4.65. The fraction of sp³-hybridized carbons (Fsp3) is 0.423. The van der Waals surface area contributed by atoms with Gasteiger partial charge in [-0.3, -0.25) is 0 Å². The van der Waals surface area contributed by atoms with Crippen molar-refractivity contribution in [2.24, 2.45) is 5.92 Å². The van der Waals surface area contributed by atoms with E-state index >= 15 is 0 Å². The average molecular weight is 424 g/mol. The number of ether oxygens (including phenoxy) is 2. The molecular weight excluding hydrogens is 390 g/mol. The summed E-state index contributed by atoms with van der Waals surface area (Å²) in [5, 5.41) is 9.58. The Labute approximate surface area is 185 Å². The van der Waals surface area contributed by atoms with Gasteiger partial charge in [0.15, 0.2) is 0 Å². The second kappa shape index (κ2) is 11.0. The van der Waals surface area contributed by atoms with Crippen LogP contribution in [0.2, 0.25) is 0 Å². The van der Waals surface area contributed by atoms with E-state index in [0.29, 0.717) is 31.1 Å². The molecule has 1 heterocycles. The van der Waals surface area contributed by atoms with Gasteiger partial charge in [0.05, 0.1) is 6.61 Å². The van der Waals surface area contributed by atoms with Crippen molar-refractivity contribution in [3.05, 3.63) is 53.6 Å². The van der Waals surface area contributed by atoms with E-state index in [1.165, 1.54) is 0 Å². The molecule has 2 aromatic rings. The molecule has 0 unspecified atom stereocenters. The van der Waals surface area contributed by atoms with Gasteiger partial charge in [0.1, 0.15) is 12.4 Å². The van der Waals surface area contributed by atoms with Crippen LogP contribution in [0.25, 0.3) is 17.2 Å². The van der Waals surface area contributed by atoms with E-state index in [9.17, 15) is 9.90 Å². The molecule has 1 aliphatic heterocycles. The molecule has 0 saturated heterocycles. The molecule has 5 nitrogen and oxygen atoms in total. The van der Waals surface area contributed by atoms with Gasteiger partial charge >= 0.3 is 5.97 Å². The molecular formula is C26H33NO4. The highest BCUT2D eigenvalue weighted by molar-refractivity contribution is 5.94. The summed E-state index contributed by atoms with van der Waals surface area (Å²) >= 11 is 0. The van der Waals surface area contributed by atoms with E-state index in [-0.39, 0.29) is 0 Å².